The fraction of sp³-hybridized carbons (Fsp3) is 0.190. The zero-order valence-corrected chi connectivity index (χ0v) is 16.1. The standard InChI is InChI=1S/C21H21FN6O2/c22-17-13-25-21(30-20(29)16-3-1-2-4-18(16)23)27-19(17)26-14-5-7-15(8-6-14)28-11-9-24-10-12-28/h1-8,13,24H,9-12,23H2,(H,25,26,27). The topological polar surface area (TPSA) is 105 Å². The third-order valence-electron chi connectivity index (χ3n) is 4.70. The highest BCUT2D eigenvalue weighted by Gasteiger charge is 2.16. The van der Waals surface area contributed by atoms with Gasteiger partial charge in [0.1, 0.15) is 0 Å². The minimum atomic E-state index is -0.717. The molecule has 0 unspecified atom stereocenters. The summed E-state index contributed by atoms with van der Waals surface area (Å²) in [5.74, 6) is -1.48. The number of aromatic nitrogens is 2. The molecule has 1 saturated heterocycles. The van der Waals surface area contributed by atoms with Crippen LogP contribution in [0.4, 0.5) is 27.3 Å². The third-order valence-corrected chi connectivity index (χ3v) is 4.70. The van der Waals surface area contributed by atoms with E-state index in [9.17, 15) is 9.18 Å². The first kappa shape index (κ1) is 19.6. The maximum absolute atomic E-state index is 14.2. The molecular formula is C21H21FN6O2. The Morgan fingerprint density at radius 1 is 1.13 bits per heavy atom. The molecule has 1 aliphatic rings. The van der Waals surface area contributed by atoms with Gasteiger partial charge in [0.05, 0.1) is 11.8 Å². The van der Waals surface area contributed by atoms with Gasteiger partial charge in [0.15, 0.2) is 11.6 Å². The van der Waals surface area contributed by atoms with E-state index in [-0.39, 0.29) is 23.1 Å². The first-order valence-electron chi connectivity index (χ1n) is 9.52. The summed E-state index contributed by atoms with van der Waals surface area (Å²) in [4.78, 5) is 22.3. The number of nitrogens with one attached hydrogen (secondary N) is 2. The minimum absolute atomic E-state index is 0.0937. The van der Waals surface area contributed by atoms with Crippen LogP contribution < -0.4 is 26.0 Å². The lowest BCUT2D eigenvalue weighted by molar-refractivity contribution is 0.0720. The third kappa shape index (κ3) is 4.47. The monoisotopic (exact) mass is 408 g/mol. The van der Waals surface area contributed by atoms with Crippen LogP contribution in [-0.4, -0.2) is 42.1 Å². The van der Waals surface area contributed by atoms with Gasteiger partial charge < -0.3 is 26.0 Å². The fourth-order valence-corrected chi connectivity index (χ4v) is 3.12. The van der Waals surface area contributed by atoms with Crippen molar-refractivity contribution in [2.24, 2.45) is 0 Å². The highest BCUT2D eigenvalue weighted by Crippen LogP contribution is 2.23. The number of nitrogens with zero attached hydrogens (tertiary/aromatic N) is 3. The van der Waals surface area contributed by atoms with Gasteiger partial charge in [-0.3, -0.25) is 0 Å². The summed E-state index contributed by atoms with van der Waals surface area (Å²) < 4.78 is 19.3. The van der Waals surface area contributed by atoms with Crippen molar-refractivity contribution in [2.45, 2.75) is 0 Å². The van der Waals surface area contributed by atoms with Crippen LogP contribution in [0.2, 0.25) is 0 Å². The summed E-state index contributed by atoms with van der Waals surface area (Å²) in [5.41, 5.74) is 7.98. The molecule has 0 amide bonds. The van der Waals surface area contributed by atoms with Crippen LogP contribution in [0.3, 0.4) is 0 Å². The Kier molecular flexibility index (Phi) is 5.71. The second kappa shape index (κ2) is 8.75. The Balaban J connectivity index is 1.47. The number of rotatable bonds is 5. The van der Waals surface area contributed by atoms with Crippen molar-refractivity contribution in [3.8, 4) is 6.01 Å². The van der Waals surface area contributed by atoms with Gasteiger partial charge in [-0.05, 0) is 36.4 Å². The molecule has 1 fully saturated rings. The van der Waals surface area contributed by atoms with Crippen LogP contribution >= 0.6 is 0 Å². The molecule has 2 heterocycles. The van der Waals surface area contributed by atoms with Crippen LogP contribution in [0.15, 0.2) is 54.7 Å². The van der Waals surface area contributed by atoms with Crippen LogP contribution in [-0.2, 0) is 0 Å². The van der Waals surface area contributed by atoms with Crippen molar-refractivity contribution in [3.05, 3.63) is 66.1 Å². The number of carbonyl (C=O) groups is 1. The summed E-state index contributed by atoms with van der Waals surface area (Å²) in [7, 11) is 0. The van der Waals surface area contributed by atoms with E-state index in [2.05, 4.69) is 25.5 Å². The van der Waals surface area contributed by atoms with Crippen molar-refractivity contribution in [2.75, 3.05) is 42.1 Å². The summed E-state index contributed by atoms with van der Waals surface area (Å²) in [6.45, 7) is 3.77. The molecule has 30 heavy (non-hydrogen) atoms. The molecule has 1 aliphatic heterocycles. The van der Waals surface area contributed by atoms with Gasteiger partial charge >= 0.3 is 12.0 Å². The number of piperazine rings is 1. The molecule has 154 valence electrons. The predicted octanol–water partition coefficient (Wildman–Crippen LogP) is 2.57. The molecule has 0 spiro atoms. The van der Waals surface area contributed by atoms with E-state index in [1.54, 1.807) is 18.2 Å². The number of para-hydroxylation sites is 1. The molecule has 3 aromatic rings. The van der Waals surface area contributed by atoms with Crippen molar-refractivity contribution in [1.82, 2.24) is 15.3 Å². The van der Waals surface area contributed by atoms with Gasteiger partial charge in [0.25, 0.3) is 0 Å². The molecule has 0 saturated carbocycles. The molecule has 4 N–H and O–H groups in total. The predicted molar refractivity (Wildman–Crippen MR) is 113 cm³/mol. The lowest BCUT2D eigenvalue weighted by Crippen LogP contribution is -2.43. The highest BCUT2D eigenvalue weighted by atomic mass is 19.1. The number of halogens is 1. The second-order valence-corrected chi connectivity index (χ2v) is 6.73. The van der Waals surface area contributed by atoms with Gasteiger partial charge in [-0.1, -0.05) is 12.1 Å². The summed E-state index contributed by atoms with van der Waals surface area (Å²) in [6.07, 6.45) is 0.946. The fourth-order valence-electron chi connectivity index (χ4n) is 3.12. The smallest absolute Gasteiger partial charge is 0.348 e. The van der Waals surface area contributed by atoms with E-state index in [0.717, 1.165) is 38.1 Å². The average Bonchev–Trinajstić information content (AvgIpc) is 2.77. The van der Waals surface area contributed by atoms with Gasteiger partial charge in [-0.2, -0.15) is 4.98 Å². The largest absolute Gasteiger partial charge is 0.398 e. The Hall–Kier alpha value is -3.72. The first-order chi connectivity index (χ1) is 14.6. The molecule has 9 heteroatoms. The van der Waals surface area contributed by atoms with Crippen molar-refractivity contribution < 1.29 is 13.9 Å². The van der Waals surface area contributed by atoms with E-state index < -0.39 is 11.8 Å². The SMILES string of the molecule is Nc1ccccc1C(=O)Oc1ncc(F)c(Nc2ccc(N3CCNCC3)cc2)n1. The maximum atomic E-state index is 14.2. The van der Waals surface area contributed by atoms with Crippen LogP contribution in [0.5, 0.6) is 6.01 Å². The number of benzene rings is 2. The van der Waals surface area contributed by atoms with Crippen LogP contribution in [0, 0.1) is 5.82 Å². The van der Waals surface area contributed by atoms with Gasteiger partial charge in [-0.25, -0.2) is 14.2 Å². The Bertz CT molecular complexity index is 1040. The highest BCUT2D eigenvalue weighted by molar-refractivity contribution is 5.96. The number of anilines is 4. The number of nitrogen functional groups attached to an aromatic ring is 1. The minimum Gasteiger partial charge on any atom is -0.398 e. The van der Waals surface area contributed by atoms with Crippen LogP contribution in [0.25, 0.3) is 0 Å². The number of esters is 1. The number of carbonyl (C=O) groups excluding carboxylic acids is 1. The number of ether oxygens (including phenoxy) is 1. The first-order valence-corrected chi connectivity index (χ1v) is 9.52. The number of nitrogens with two attached hydrogens (primary N) is 1. The molecular weight excluding hydrogens is 387 g/mol. The van der Waals surface area contributed by atoms with E-state index in [1.807, 2.05) is 24.3 Å². The Morgan fingerprint density at radius 3 is 2.60 bits per heavy atom. The van der Waals surface area contributed by atoms with E-state index in [0.29, 0.717) is 5.69 Å². The van der Waals surface area contributed by atoms with Gasteiger partial charge in [0.2, 0.25) is 0 Å². The molecule has 4 rings (SSSR count). The Labute approximate surface area is 172 Å². The average molecular weight is 408 g/mol. The van der Waals surface area contributed by atoms with E-state index in [1.165, 1.54) is 6.07 Å². The molecule has 2 aromatic carbocycles. The molecule has 8 nitrogen and oxygen atoms in total. The molecule has 0 atom stereocenters. The zero-order chi connectivity index (χ0) is 20.9. The van der Waals surface area contributed by atoms with Gasteiger partial charge in [0, 0.05) is 43.2 Å². The van der Waals surface area contributed by atoms with Crippen LogP contribution in [0.1, 0.15) is 10.4 Å². The lowest BCUT2D eigenvalue weighted by atomic mass is 10.2. The number of hydrogen-bond acceptors (Lipinski definition) is 8. The molecule has 1 aromatic heterocycles. The van der Waals surface area contributed by atoms with Crippen molar-refractivity contribution >= 4 is 28.8 Å². The van der Waals surface area contributed by atoms with Crippen molar-refractivity contribution in [1.29, 1.82) is 0 Å². The Morgan fingerprint density at radius 2 is 1.87 bits per heavy atom. The quantitative estimate of drug-likeness (QED) is 0.437. The van der Waals surface area contributed by atoms with E-state index in [4.69, 9.17) is 10.5 Å². The van der Waals surface area contributed by atoms with Gasteiger partial charge in [-0.15, -0.1) is 0 Å². The number of hydrogen-bond donors (Lipinski definition) is 3. The molecule has 0 bridgehead atoms. The zero-order valence-electron chi connectivity index (χ0n) is 16.1. The summed E-state index contributed by atoms with van der Waals surface area (Å²) in [5, 5.41) is 6.21. The molecule has 0 aliphatic carbocycles. The summed E-state index contributed by atoms with van der Waals surface area (Å²) >= 11 is 0. The summed E-state index contributed by atoms with van der Waals surface area (Å²) in [6, 6.07) is 13.8. The maximum Gasteiger partial charge on any atom is 0.348 e. The van der Waals surface area contributed by atoms with E-state index >= 15 is 0 Å². The second-order valence-electron chi connectivity index (χ2n) is 6.73. The molecule has 0 radical (unpaired) electrons. The van der Waals surface area contributed by atoms with Crippen molar-refractivity contribution in [3.63, 3.8) is 0 Å². The lowest BCUT2D eigenvalue weighted by Gasteiger charge is -2.29. The normalized spacial score (nSPS) is 13.7.